The fourth-order valence-corrected chi connectivity index (χ4v) is 6.11. The van der Waals surface area contributed by atoms with Gasteiger partial charge in [0.1, 0.15) is 17.5 Å². The molecule has 2 bridgehead atoms. The number of methoxy groups -OCH3 is 1. The predicted molar refractivity (Wildman–Crippen MR) is 159 cm³/mol. The number of hydrogen-bond donors (Lipinski definition) is 3. The Hall–Kier alpha value is -3.99. The van der Waals surface area contributed by atoms with Crippen LogP contribution in [-0.4, -0.2) is 46.4 Å². The smallest absolute Gasteiger partial charge is 0.411 e. The molecule has 1 saturated heterocycles. The molecule has 3 aromatic rings. The quantitative estimate of drug-likeness (QED) is 0.271. The van der Waals surface area contributed by atoms with Crippen molar-refractivity contribution in [2.45, 2.75) is 63.8 Å². The van der Waals surface area contributed by atoms with E-state index in [1.165, 1.54) is 19.2 Å². The molecule has 3 heterocycles. The number of carbonyl (C=O) groups is 3. The van der Waals surface area contributed by atoms with Gasteiger partial charge in [-0.1, -0.05) is 24.9 Å². The normalized spacial score (nSPS) is 21.4. The zero-order valence-electron chi connectivity index (χ0n) is 24.0. The molecule has 2 aromatic carbocycles. The molecule has 0 aliphatic carbocycles. The van der Waals surface area contributed by atoms with Crippen LogP contribution in [0.5, 0.6) is 0 Å². The SMILES string of the molecule is COC(=O)Nc1ccc2c(c1)NC(=O)[C@H](C)CCC[C@H](N1CC[C@@H](c3c(F)ccc(Cl)c3F)CCCC1=O)c1nc-2c[nH]1. The van der Waals surface area contributed by atoms with Crippen molar-refractivity contribution in [3.63, 3.8) is 0 Å². The Morgan fingerprint density at radius 2 is 1.93 bits per heavy atom. The number of H-pyrrole nitrogens is 1. The molecule has 3 atom stereocenters. The predicted octanol–water partition coefficient (Wildman–Crippen LogP) is 7.17. The first-order valence-corrected chi connectivity index (χ1v) is 14.8. The van der Waals surface area contributed by atoms with Crippen LogP contribution in [0.15, 0.2) is 36.5 Å². The third-order valence-electron chi connectivity index (χ3n) is 8.31. The average molecular weight is 614 g/mol. The second-order valence-corrected chi connectivity index (χ2v) is 11.5. The van der Waals surface area contributed by atoms with Crippen molar-refractivity contribution in [2.75, 3.05) is 24.3 Å². The van der Waals surface area contributed by atoms with E-state index < -0.39 is 29.7 Å². The largest absolute Gasteiger partial charge is 0.453 e. The van der Waals surface area contributed by atoms with Crippen molar-refractivity contribution >= 4 is 40.9 Å². The molecule has 3 N–H and O–H groups in total. The first-order chi connectivity index (χ1) is 20.7. The van der Waals surface area contributed by atoms with Crippen LogP contribution >= 0.6 is 11.6 Å². The Morgan fingerprint density at radius 3 is 2.72 bits per heavy atom. The molecule has 228 valence electrons. The van der Waals surface area contributed by atoms with Crippen LogP contribution in [-0.2, 0) is 14.3 Å². The monoisotopic (exact) mass is 613 g/mol. The molecule has 1 aromatic heterocycles. The molecule has 12 heteroatoms. The summed E-state index contributed by atoms with van der Waals surface area (Å²) in [6.45, 7) is 2.13. The highest BCUT2D eigenvalue weighted by molar-refractivity contribution is 6.30. The number of fused-ring (bicyclic) bond motifs is 4. The van der Waals surface area contributed by atoms with E-state index in [2.05, 4.69) is 20.4 Å². The van der Waals surface area contributed by atoms with Crippen molar-refractivity contribution in [3.8, 4) is 11.3 Å². The lowest BCUT2D eigenvalue weighted by molar-refractivity contribution is -0.135. The second kappa shape index (κ2) is 13.1. The molecular weight excluding hydrogens is 580 g/mol. The van der Waals surface area contributed by atoms with E-state index in [0.29, 0.717) is 67.0 Å². The number of aromatic amines is 1. The van der Waals surface area contributed by atoms with Gasteiger partial charge < -0.3 is 19.9 Å². The summed E-state index contributed by atoms with van der Waals surface area (Å²) in [6.07, 6.45) is 4.38. The van der Waals surface area contributed by atoms with Gasteiger partial charge in [0.15, 0.2) is 0 Å². The number of nitrogens with one attached hydrogen (secondary N) is 3. The lowest BCUT2D eigenvalue weighted by atomic mass is 9.87. The number of imidazole rings is 1. The molecule has 1 fully saturated rings. The Bertz CT molecular complexity index is 1530. The number of nitrogens with zero attached hydrogens (tertiary/aromatic N) is 2. The van der Waals surface area contributed by atoms with Crippen LogP contribution in [0.2, 0.25) is 5.02 Å². The number of amides is 3. The first-order valence-electron chi connectivity index (χ1n) is 14.4. The van der Waals surface area contributed by atoms with E-state index in [-0.39, 0.29) is 41.3 Å². The van der Waals surface area contributed by atoms with Gasteiger partial charge in [-0.2, -0.15) is 0 Å². The molecule has 2 aliphatic rings. The number of carbonyl (C=O) groups excluding carboxylic acids is 3. The maximum atomic E-state index is 14.9. The average Bonchev–Trinajstić information content (AvgIpc) is 3.46. The Labute approximate surface area is 253 Å². The van der Waals surface area contributed by atoms with Gasteiger partial charge in [0.05, 0.1) is 29.6 Å². The summed E-state index contributed by atoms with van der Waals surface area (Å²) < 4.78 is 34.4. The molecule has 43 heavy (non-hydrogen) atoms. The molecule has 0 radical (unpaired) electrons. The summed E-state index contributed by atoms with van der Waals surface area (Å²) in [7, 11) is 1.26. The first kappa shape index (κ1) is 30.5. The lowest BCUT2D eigenvalue weighted by Gasteiger charge is -2.34. The summed E-state index contributed by atoms with van der Waals surface area (Å²) in [4.78, 5) is 48.2. The summed E-state index contributed by atoms with van der Waals surface area (Å²) in [5.41, 5.74) is 2.06. The van der Waals surface area contributed by atoms with Gasteiger partial charge in [-0.05, 0) is 68.4 Å². The van der Waals surface area contributed by atoms with Gasteiger partial charge in [0.2, 0.25) is 11.8 Å². The Kier molecular flexibility index (Phi) is 9.29. The minimum atomic E-state index is -0.748. The van der Waals surface area contributed by atoms with Crippen LogP contribution < -0.4 is 10.6 Å². The summed E-state index contributed by atoms with van der Waals surface area (Å²) in [5.74, 6) is -1.79. The molecule has 9 nitrogen and oxygen atoms in total. The number of halogens is 3. The number of anilines is 2. The number of benzene rings is 2. The van der Waals surface area contributed by atoms with E-state index in [0.717, 1.165) is 0 Å². The number of hydrogen-bond acceptors (Lipinski definition) is 5. The highest BCUT2D eigenvalue weighted by Crippen LogP contribution is 2.38. The molecule has 0 unspecified atom stereocenters. The summed E-state index contributed by atoms with van der Waals surface area (Å²) in [6, 6.07) is 7.04. The number of likely N-dealkylation sites (tertiary alicyclic amines) is 1. The molecular formula is C31H34ClF2N5O4. The maximum Gasteiger partial charge on any atom is 0.411 e. The highest BCUT2D eigenvalue weighted by atomic mass is 35.5. The van der Waals surface area contributed by atoms with E-state index in [1.54, 1.807) is 29.3 Å². The zero-order chi connectivity index (χ0) is 30.7. The maximum absolute atomic E-state index is 14.9. The van der Waals surface area contributed by atoms with Crippen molar-refractivity contribution in [1.82, 2.24) is 14.9 Å². The topological polar surface area (TPSA) is 116 Å². The van der Waals surface area contributed by atoms with Crippen LogP contribution in [0.25, 0.3) is 11.3 Å². The molecule has 3 amide bonds. The molecule has 5 rings (SSSR count). The molecule has 0 saturated carbocycles. The van der Waals surface area contributed by atoms with Gasteiger partial charge in [0, 0.05) is 41.9 Å². The van der Waals surface area contributed by atoms with Gasteiger partial charge in [-0.3, -0.25) is 14.9 Å². The fraction of sp³-hybridized carbons (Fsp3) is 0.419. The van der Waals surface area contributed by atoms with Crippen molar-refractivity contribution in [1.29, 1.82) is 0 Å². The fourth-order valence-electron chi connectivity index (χ4n) is 5.95. The lowest BCUT2D eigenvalue weighted by Crippen LogP contribution is -2.38. The molecule has 2 aliphatic heterocycles. The minimum absolute atomic E-state index is 0.0294. The third kappa shape index (κ3) is 6.66. The van der Waals surface area contributed by atoms with Gasteiger partial charge in [-0.25, -0.2) is 18.6 Å². The van der Waals surface area contributed by atoms with Gasteiger partial charge in [-0.15, -0.1) is 0 Å². The second-order valence-electron chi connectivity index (χ2n) is 11.1. The number of rotatable bonds is 3. The summed E-state index contributed by atoms with van der Waals surface area (Å²) >= 11 is 5.99. The third-order valence-corrected chi connectivity index (χ3v) is 8.60. The van der Waals surface area contributed by atoms with Crippen LogP contribution in [0.4, 0.5) is 25.0 Å². The van der Waals surface area contributed by atoms with Gasteiger partial charge in [0.25, 0.3) is 0 Å². The van der Waals surface area contributed by atoms with E-state index >= 15 is 0 Å². The highest BCUT2D eigenvalue weighted by Gasteiger charge is 2.32. The standard InChI is InChI=1S/C31H34ClF2N5O4/c1-17-5-3-7-25(39-14-13-18(6-4-8-26(39)40)27-22(33)12-11-21(32)28(27)34)29-35-16-24(37-29)20-10-9-19(36-31(42)43-2)15-23(20)38-30(17)41/h9-12,15-18,25H,3-8,13-14H2,1-2H3,(H,35,37)(H,36,42)(H,38,41)/t17-,18+,25+/m1/s1. The zero-order valence-corrected chi connectivity index (χ0v) is 24.8. The van der Waals surface area contributed by atoms with Crippen LogP contribution in [0.3, 0.4) is 0 Å². The molecule has 0 spiro atoms. The van der Waals surface area contributed by atoms with Crippen molar-refractivity contribution in [3.05, 3.63) is 64.6 Å². The van der Waals surface area contributed by atoms with E-state index in [9.17, 15) is 23.2 Å². The van der Waals surface area contributed by atoms with Crippen molar-refractivity contribution < 1.29 is 27.9 Å². The summed E-state index contributed by atoms with van der Waals surface area (Å²) in [5, 5.41) is 5.45. The number of ether oxygens (including phenoxy) is 1. The van der Waals surface area contributed by atoms with Crippen LogP contribution in [0.1, 0.15) is 75.2 Å². The van der Waals surface area contributed by atoms with E-state index in [4.69, 9.17) is 16.6 Å². The number of aromatic nitrogens is 2. The van der Waals surface area contributed by atoms with Crippen LogP contribution in [0, 0.1) is 17.6 Å². The van der Waals surface area contributed by atoms with Crippen molar-refractivity contribution in [2.24, 2.45) is 5.92 Å². The minimum Gasteiger partial charge on any atom is -0.453 e. The van der Waals surface area contributed by atoms with Gasteiger partial charge >= 0.3 is 6.09 Å². The Balaban J connectivity index is 1.48. The Morgan fingerprint density at radius 1 is 1.12 bits per heavy atom. The van der Waals surface area contributed by atoms with E-state index in [1.807, 2.05) is 6.92 Å².